The van der Waals surface area contributed by atoms with Crippen molar-refractivity contribution in [1.29, 1.82) is 0 Å². The molecule has 3 rings (SSSR count). The molecule has 0 aromatic heterocycles. The fourth-order valence-corrected chi connectivity index (χ4v) is 2.75. The molecule has 3 N–H and O–H groups in total. The summed E-state index contributed by atoms with van der Waals surface area (Å²) in [7, 11) is 0. The van der Waals surface area contributed by atoms with Crippen molar-refractivity contribution in [3.8, 4) is 5.75 Å². The topological polar surface area (TPSA) is 74.8 Å². The van der Waals surface area contributed by atoms with Crippen LogP contribution in [0.5, 0.6) is 5.75 Å². The summed E-state index contributed by atoms with van der Waals surface area (Å²) >= 11 is 11.2. The van der Waals surface area contributed by atoms with E-state index in [9.17, 15) is 4.79 Å². The zero-order valence-electron chi connectivity index (χ0n) is 15.8. The van der Waals surface area contributed by atoms with E-state index in [2.05, 4.69) is 21.2 Å². The molecule has 0 heterocycles. The molecule has 152 valence electrons. The molecule has 6 nitrogen and oxygen atoms in total. The highest BCUT2D eigenvalue weighted by Gasteiger charge is 2.06. The molecular weight excluding hydrogens is 420 g/mol. The molecule has 1 amide bonds. The highest BCUT2D eigenvalue weighted by atomic mass is 35.5. The van der Waals surface area contributed by atoms with Crippen LogP contribution in [0.4, 0.5) is 11.4 Å². The smallest absolute Gasteiger partial charge is 0.262 e. The van der Waals surface area contributed by atoms with Gasteiger partial charge in [0, 0.05) is 5.69 Å². The summed E-state index contributed by atoms with van der Waals surface area (Å²) in [5.74, 6) is 0.271. The monoisotopic (exact) mass is 438 g/mol. The molecule has 0 aliphatic rings. The maximum atomic E-state index is 12.0. The third kappa shape index (κ3) is 6.88. The highest BCUT2D eigenvalue weighted by molar-refractivity contribution is 7.80. The van der Waals surface area contributed by atoms with Crippen molar-refractivity contribution in [2.75, 3.05) is 17.2 Å². The Balaban J connectivity index is 1.43. The summed E-state index contributed by atoms with van der Waals surface area (Å²) in [6.45, 7) is -0.125. The van der Waals surface area contributed by atoms with E-state index < -0.39 is 0 Å². The third-order valence-electron chi connectivity index (χ3n) is 3.81. The number of carbonyl (C=O) groups excluding carboxylic acids is 1. The normalized spacial score (nSPS) is 10.4. The largest absolute Gasteiger partial charge is 0.484 e. The predicted molar refractivity (Wildman–Crippen MR) is 125 cm³/mol. The second-order valence-electron chi connectivity index (χ2n) is 6.08. The van der Waals surface area contributed by atoms with E-state index >= 15 is 0 Å². The summed E-state index contributed by atoms with van der Waals surface area (Å²) in [5.41, 5.74) is 5.03. The number of anilines is 2. The van der Waals surface area contributed by atoms with Crippen molar-refractivity contribution in [2.45, 2.75) is 0 Å². The molecular formula is C22H19ClN4O2S. The van der Waals surface area contributed by atoms with Gasteiger partial charge in [0.1, 0.15) is 5.75 Å². The second-order valence-corrected chi connectivity index (χ2v) is 6.89. The quantitative estimate of drug-likeness (QED) is 0.284. The Bertz CT molecular complexity index is 1030. The Morgan fingerprint density at radius 1 is 0.967 bits per heavy atom. The van der Waals surface area contributed by atoms with Crippen molar-refractivity contribution in [1.82, 2.24) is 5.43 Å². The molecule has 30 heavy (non-hydrogen) atoms. The first-order valence-electron chi connectivity index (χ1n) is 9.02. The first-order valence-corrected chi connectivity index (χ1v) is 9.81. The van der Waals surface area contributed by atoms with Crippen molar-refractivity contribution in [3.05, 3.63) is 89.4 Å². The molecule has 0 saturated carbocycles. The van der Waals surface area contributed by atoms with Gasteiger partial charge in [-0.05, 0) is 66.3 Å². The fraction of sp³-hybridized carbons (Fsp3) is 0.0455. The second kappa shape index (κ2) is 10.9. The lowest BCUT2D eigenvalue weighted by atomic mass is 10.2. The minimum absolute atomic E-state index is 0.125. The van der Waals surface area contributed by atoms with Gasteiger partial charge in [-0.1, -0.05) is 41.9 Å². The number of benzene rings is 3. The average Bonchev–Trinajstić information content (AvgIpc) is 2.75. The van der Waals surface area contributed by atoms with Gasteiger partial charge < -0.3 is 15.4 Å². The lowest BCUT2D eigenvalue weighted by molar-refractivity contribution is -0.118. The average molecular weight is 439 g/mol. The Hall–Kier alpha value is -3.42. The molecule has 3 aromatic rings. The van der Waals surface area contributed by atoms with E-state index in [0.29, 0.717) is 21.6 Å². The maximum Gasteiger partial charge on any atom is 0.262 e. The number of hydrogen-bond donors (Lipinski definition) is 3. The number of ether oxygens (including phenoxy) is 1. The van der Waals surface area contributed by atoms with Gasteiger partial charge in [-0.15, -0.1) is 0 Å². The number of nitrogens with one attached hydrogen (secondary N) is 3. The van der Waals surface area contributed by atoms with E-state index in [4.69, 9.17) is 28.6 Å². The maximum absolute atomic E-state index is 12.0. The molecule has 0 aliphatic carbocycles. The van der Waals surface area contributed by atoms with Crippen LogP contribution in [0.2, 0.25) is 5.02 Å². The van der Waals surface area contributed by atoms with Crippen LogP contribution in [0.1, 0.15) is 5.56 Å². The number of rotatable bonds is 7. The number of amides is 1. The number of thiocarbonyl (C=S) groups is 1. The van der Waals surface area contributed by atoms with Gasteiger partial charge in [0.15, 0.2) is 11.7 Å². The van der Waals surface area contributed by atoms with E-state index in [1.807, 2.05) is 42.5 Å². The Morgan fingerprint density at radius 2 is 1.67 bits per heavy atom. The number of hydrazone groups is 1. The van der Waals surface area contributed by atoms with Gasteiger partial charge in [0.05, 0.1) is 16.9 Å². The van der Waals surface area contributed by atoms with E-state index in [1.165, 1.54) is 0 Å². The summed E-state index contributed by atoms with van der Waals surface area (Å²) in [6.07, 6.45) is 1.63. The van der Waals surface area contributed by atoms with Crippen LogP contribution in [0, 0.1) is 0 Å². The summed E-state index contributed by atoms with van der Waals surface area (Å²) in [5, 5.41) is 10.7. The van der Waals surface area contributed by atoms with Gasteiger partial charge in [-0.25, -0.2) is 0 Å². The Kier molecular flexibility index (Phi) is 7.77. The van der Waals surface area contributed by atoms with Crippen LogP contribution in [0.15, 0.2) is 84.0 Å². The number of nitrogens with zero attached hydrogens (tertiary/aromatic N) is 1. The highest BCUT2D eigenvalue weighted by Crippen LogP contribution is 2.20. The molecule has 0 bridgehead atoms. The van der Waals surface area contributed by atoms with Gasteiger partial charge in [0.25, 0.3) is 5.91 Å². The zero-order valence-corrected chi connectivity index (χ0v) is 17.4. The van der Waals surface area contributed by atoms with Crippen molar-refractivity contribution >= 4 is 52.4 Å². The lowest BCUT2D eigenvalue weighted by Crippen LogP contribution is -2.23. The molecule has 0 fully saturated rings. The molecule has 0 aliphatic heterocycles. The van der Waals surface area contributed by atoms with Crippen molar-refractivity contribution in [2.24, 2.45) is 5.10 Å². The van der Waals surface area contributed by atoms with Gasteiger partial charge in [0.2, 0.25) is 0 Å². The number of halogens is 1. The summed E-state index contributed by atoms with van der Waals surface area (Å²) in [4.78, 5) is 12.0. The van der Waals surface area contributed by atoms with Crippen LogP contribution in [-0.4, -0.2) is 23.8 Å². The minimum Gasteiger partial charge on any atom is -0.484 e. The molecule has 0 unspecified atom stereocenters. The lowest BCUT2D eigenvalue weighted by Gasteiger charge is -2.09. The molecule has 0 saturated heterocycles. The Labute approximate surface area is 184 Å². The first-order chi connectivity index (χ1) is 14.6. The van der Waals surface area contributed by atoms with Crippen LogP contribution >= 0.6 is 23.8 Å². The minimum atomic E-state index is -0.294. The predicted octanol–water partition coefficient (Wildman–Crippen LogP) is 4.68. The summed E-state index contributed by atoms with van der Waals surface area (Å²) < 4.78 is 5.50. The van der Waals surface area contributed by atoms with Crippen LogP contribution in [0.3, 0.4) is 0 Å². The first kappa shape index (κ1) is 21.3. The SMILES string of the molecule is O=C(COc1ccc(/C=N\NC(=S)Nc2ccccc2)cc1)Nc1ccccc1Cl. The third-order valence-corrected chi connectivity index (χ3v) is 4.33. The number of hydrogen-bond acceptors (Lipinski definition) is 4. The van der Waals surface area contributed by atoms with Crippen molar-refractivity contribution in [3.63, 3.8) is 0 Å². The zero-order chi connectivity index (χ0) is 21.2. The van der Waals surface area contributed by atoms with Crippen LogP contribution < -0.4 is 20.8 Å². The van der Waals surface area contributed by atoms with Gasteiger partial charge >= 0.3 is 0 Å². The van der Waals surface area contributed by atoms with Gasteiger partial charge in [-0.2, -0.15) is 5.10 Å². The molecule has 0 radical (unpaired) electrons. The van der Waals surface area contributed by atoms with Crippen LogP contribution in [0.25, 0.3) is 0 Å². The van der Waals surface area contributed by atoms with Crippen LogP contribution in [-0.2, 0) is 4.79 Å². The molecule has 3 aromatic carbocycles. The van der Waals surface area contributed by atoms with E-state index in [1.54, 1.807) is 42.6 Å². The fourth-order valence-electron chi connectivity index (χ4n) is 2.39. The Morgan fingerprint density at radius 3 is 2.40 bits per heavy atom. The van der Waals surface area contributed by atoms with E-state index in [0.717, 1.165) is 11.3 Å². The number of para-hydroxylation sites is 2. The van der Waals surface area contributed by atoms with Crippen molar-refractivity contribution < 1.29 is 9.53 Å². The summed E-state index contributed by atoms with van der Waals surface area (Å²) in [6, 6.07) is 23.7. The number of carbonyl (C=O) groups is 1. The molecule has 8 heteroatoms. The molecule has 0 atom stereocenters. The standard InChI is InChI=1S/C22H19ClN4O2S/c23-19-8-4-5-9-20(19)26-21(28)15-29-18-12-10-16(11-13-18)14-24-27-22(30)25-17-6-2-1-3-7-17/h1-14H,15H2,(H,26,28)(H2,25,27,30)/b24-14-. The van der Waals surface area contributed by atoms with E-state index in [-0.39, 0.29) is 12.5 Å². The van der Waals surface area contributed by atoms with Gasteiger partial charge in [-0.3, -0.25) is 10.2 Å². The molecule has 0 spiro atoms.